The molecule has 0 aliphatic rings. The molecule has 0 radical (unpaired) electrons. The average molecular weight is 887 g/mol. The van der Waals surface area contributed by atoms with E-state index >= 15 is 0 Å². The SMILES string of the molecule is CCCCCCCCC/C=C\CCCCCCCC(=O)O[C@@H](COC(=O)CCCCCCCCC/C=C\CCCCCCCCCC)COC(=O)CCCCCCCCCCCC. The van der Waals surface area contributed by atoms with Gasteiger partial charge in [-0.25, -0.2) is 0 Å². The summed E-state index contributed by atoms with van der Waals surface area (Å²) >= 11 is 0. The van der Waals surface area contributed by atoms with Crippen molar-refractivity contribution >= 4 is 17.9 Å². The third-order valence-corrected chi connectivity index (χ3v) is 12.4. The van der Waals surface area contributed by atoms with Crippen molar-refractivity contribution < 1.29 is 28.6 Å². The number of hydrogen-bond donors (Lipinski definition) is 0. The highest BCUT2D eigenvalue weighted by molar-refractivity contribution is 5.71. The van der Waals surface area contributed by atoms with Gasteiger partial charge in [0.25, 0.3) is 0 Å². The van der Waals surface area contributed by atoms with Crippen molar-refractivity contribution in [1.82, 2.24) is 0 Å². The van der Waals surface area contributed by atoms with E-state index in [9.17, 15) is 14.4 Å². The van der Waals surface area contributed by atoms with Crippen LogP contribution in [0.2, 0.25) is 0 Å². The Bertz CT molecular complexity index is 1020. The summed E-state index contributed by atoms with van der Waals surface area (Å²) in [6, 6.07) is 0. The van der Waals surface area contributed by atoms with Gasteiger partial charge in [0, 0.05) is 19.3 Å². The van der Waals surface area contributed by atoms with E-state index in [1.165, 1.54) is 199 Å². The minimum absolute atomic E-state index is 0.0723. The normalized spacial score (nSPS) is 12.1. The Labute approximate surface area is 392 Å². The maximum atomic E-state index is 12.8. The molecule has 370 valence electrons. The van der Waals surface area contributed by atoms with E-state index in [1.807, 2.05) is 0 Å². The number of ether oxygens (including phenoxy) is 3. The minimum Gasteiger partial charge on any atom is -0.462 e. The lowest BCUT2D eigenvalue weighted by Crippen LogP contribution is -2.30. The Morgan fingerprint density at radius 2 is 0.524 bits per heavy atom. The van der Waals surface area contributed by atoms with Gasteiger partial charge in [0.15, 0.2) is 6.10 Å². The van der Waals surface area contributed by atoms with Gasteiger partial charge in [-0.3, -0.25) is 14.4 Å². The highest BCUT2D eigenvalue weighted by Gasteiger charge is 2.19. The predicted molar refractivity (Wildman–Crippen MR) is 270 cm³/mol. The van der Waals surface area contributed by atoms with Gasteiger partial charge in [0.2, 0.25) is 0 Å². The molecule has 0 aromatic heterocycles. The van der Waals surface area contributed by atoms with Gasteiger partial charge in [0.1, 0.15) is 13.2 Å². The van der Waals surface area contributed by atoms with E-state index in [1.54, 1.807) is 0 Å². The Morgan fingerprint density at radius 1 is 0.302 bits per heavy atom. The molecule has 0 aliphatic carbocycles. The topological polar surface area (TPSA) is 78.9 Å². The quantitative estimate of drug-likeness (QED) is 0.0262. The zero-order chi connectivity index (χ0) is 45.8. The van der Waals surface area contributed by atoms with Crippen LogP contribution in [0.25, 0.3) is 0 Å². The number of allylic oxidation sites excluding steroid dienone is 4. The van der Waals surface area contributed by atoms with Crippen LogP contribution in [0, 0.1) is 0 Å². The molecule has 0 aromatic carbocycles. The van der Waals surface area contributed by atoms with Gasteiger partial charge in [-0.15, -0.1) is 0 Å². The van der Waals surface area contributed by atoms with Gasteiger partial charge in [0.05, 0.1) is 0 Å². The molecule has 0 N–H and O–H groups in total. The first-order valence-electron chi connectivity index (χ1n) is 27.8. The summed E-state index contributed by atoms with van der Waals surface area (Å²) in [5.74, 6) is -0.871. The van der Waals surface area contributed by atoms with E-state index in [2.05, 4.69) is 45.1 Å². The number of carbonyl (C=O) groups is 3. The lowest BCUT2D eigenvalue weighted by atomic mass is 10.1. The number of unbranched alkanes of at least 4 members (excludes halogenated alkanes) is 36. The number of esters is 3. The number of hydrogen-bond acceptors (Lipinski definition) is 6. The van der Waals surface area contributed by atoms with Crippen molar-refractivity contribution in [2.45, 2.75) is 309 Å². The Kier molecular flexibility index (Phi) is 50.8. The molecule has 0 fully saturated rings. The van der Waals surface area contributed by atoms with Crippen LogP contribution in [0.3, 0.4) is 0 Å². The summed E-state index contributed by atoms with van der Waals surface area (Å²) in [7, 11) is 0. The second-order valence-corrected chi connectivity index (χ2v) is 18.8. The fraction of sp³-hybridized carbons (Fsp3) is 0.877. The maximum Gasteiger partial charge on any atom is 0.306 e. The summed E-state index contributed by atoms with van der Waals surface area (Å²) in [6.07, 6.45) is 60.2. The third kappa shape index (κ3) is 50.7. The fourth-order valence-corrected chi connectivity index (χ4v) is 8.20. The van der Waals surface area contributed by atoms with Crippen LogP contribution in [0.15, 0.2) is 24.3 Å². The molecule has 0 saturated carbocycles. The van der Waals surface area contributed by atoms with E-state index < -0.39 is 6.10 Å². The zero-order valence-electron chi connectivity index (χ0n) is 42.4. The molecule has 63 heavy (non-hydrogen) atoms. The Balaban J connectivity index is 4.29. The van der Waals surface area contributed by atoms with E-state index in [-0.39, 0.29) is 31.1 Å². The predicted octanol–water partition coefficient (Wildman–Crippen LogP) is 18.3. The standard InChI is InChI=1S/C57H106O6/c1-4-7-10-13-16-19-22-24-26-28-29-30-32-33-35-38-41-44-47-50-56(59)62-53-54(52-61-55(58)49-46-43-40-37-21-18-15-12-9-6-3)63-57(60)51-48-45-42-39-36-34-31-27-25-23-20-17-14-11-8-5-2/h27-29,31,54H,4-26,30,32-53H2,1-3H3/b29-28-,31-27-/t54-/m1/s1. The molecule has 0 spiro atoms. The average Bonchev–Trinajstić information content (AvgIpc) is 3.28. The van der Waals surface area contributed by atoms with Crippen molar-refractivity contribution in [1.29, 1.82) is 0 Å². The van der Waals surface area contributed by atoms with Crippen LogP contribution in [0.4, 0.5) is 0 Å². The van der Waals surface area contributed by atoms with Gasteiger partial charge in [-0.1, -0.05) is 238 Å². The summed E-state index contributed by atoms with van der Waals surface area (Å²) in [5.41, 5.74) is 0. The van der Waals surface area contributed by atoms with Crippen LogP contribution >= 0.6 is 0 Å². The second kappa shape index (κ2) is 52.5. The molecule has 0 heterocycles. The first kappa shape index (κ1) is 60.9. The second-order valence-electron chi connectivity index (χ2n) is 18.8. The van der Waals surface area contributed by atoms with Crippen molar-refractivity contribution in [3.63, 3.8) is 0 Å². The van der Waals surface area contributed by atoms with Crippen molar-refractivity contribution in [2.75, 3.05) is 13.2 Å². The Hall–Kier alpha value is -2.11. The van der Waals surface area contributed by atoms with E-state index in [0.29, 0.717) is 19.3 Å². The summed E-state index contributed by atoms with van der Waals surface area (Å²) in [5, 5.41) is 0. The third-order valence-electron chi connectivity index (χ3n) is 12.4. The van der Waals surface area contributed by atoms with Crippen LogP contribution in [-0.4, -0.2) is 37.2 Å². The number of rotatable bonds is 51. The van der Waals surface area contributed by atoms with E-state index in [0.717, 1.165) is 64.2 Å². The molecule has 6 nitrogen and oxygen atoms in total. The van der Waals surface area contributed by atoms with Gasteiger partial charge >= 0.3 is 17.9 Å². The molecule has 0 saturated heterocycles. The maximum absolute atomic E-state index is 12.8. The monoisotopic (exact) mass is 887 g/mol. The van der Waals surface area contributed by atoms with Gasteiger partial charge in [-0.2, -0.15) is 0 Å². The van der Waals surface area contributed by atoms with E-state index in [4.69, 9.17) is 14.2 Å². The minimum atomic E-state index is -0.772. The highest BCUT2D eigenvalue weighted by Crippen LogP contribution is 2.16. The molecule has 0 rings (SSSR count). The van der Waals surface area contributed by atoms with Crippen LogP contribution < -0.4 is 0 Å². The first-order chi connectivity index (χ1) is 31.0. The molecule has 6 heteroatoms. The zero-order valence-corrected chi connectivity index (χ0v) is 42.4. The largest absolute Gasteiger partial charge is 0.462 e. The van der Waals surface area contributed by atoms with Crippen LogP contribution in [0.1, 0.15) is 303 Å². The van der Waals surface area contributed by atoms with Crippen LogP contribution in [0.5, 0.6) is 0 Å². The summed E-state index contributed by atoms with van der Waals surface area (Å²) in [6.45, 7) is 6.65. The van der Waals surface area contributed by atoms with Crippen molar-refractivity contribution in [2.24, 2.45) is 0 Å². The molecule has 0 bridgehead atoms. The summed E-state index contributed by atoms with van der Waals surface area (Å²) in [4.78, 5) is 38.0. The molecular weight excluding hydrogens is 781 g/mol. The van der Waals surface area contributed by atoms with Gasteiger partial charge in [-0.05, 0) is 70.6 Å². The number of carbonyl (C=O) groups excluding carboxylic acids is 3. The molecule has 0 unspecified atom stereocenters. The molecule has 0 aliphatic heterocycles. The molecular formula is C57H106O6. The molecule has 0 amide bonds. The lowest BCUT2D eigenvalue weighted by molar-refractivity contribution is -0.167. The Morgan fingerprint density at radius 3 is 0.794 bits per heavy atom. The molecule has 1 atom stereocenters. The highest BCUT2D eigenvalue weighted by atomic mass is 16.6. The fourth-order valence-electron chi connectivity index (χ4n) is 8.20. The van der Waals surface area contributed by atoms with Crippen molar-refractivity contribution in [3.05, 3.63) is 24.3 Å². The first-order valence-corrected chi connectivity index (χ1v) is 27.8. The van der Waals surface area contributed by atoms with Crippen molar-refractivity contribution in [3.8, 4) is 0 Å². The lowest BCUT2D eigenvalue weighted by Gasteiger charge is -2.18. The molecule has 0 aromatic rings. The van der Waals surface area contributed by atoms with Crippen LogP contribution in [-0.2, 0) is 28.6 Å². The summed E-state index contributed by atoms with van der Waals surface area (Å²) < 4.78 is 16.8. The van der Waals surface area contributed by atoms with Gasteiger partial charge < -0.3 is 14.2 Å². The smallest absolute Gasteiger partial charge is 0.306 e.